The third kappa shape index (κ3) is 39.7. The molecule has 0 saturated heterocycles. The Hall–Kier alpha value is -1.54. The first kappa shape index (κ1) is 50.5. The lowest BCUT2D eigenvalue weighted by molar-refractivity contribution is -0.150. The summed E-state index contributed by atoms with van der Waals surface area (Å²) in [4.78, 5) is 23.0. The zero-order chi connectivity index (χ0) is 37.8. The van der Waals surface area contributed by atoms with E-state index in [4.69, 9.17) is 61.6 Å². The van der Waals surface area contributed by atoms with Gasteiger partial charge in [0.1, 0.15) is 6.61 Å². The SMILES string of the molecule is CCCCC(CC)C(=O)OCCOCCOCCOCCOCCOCCOCCOCCOCCOCCOCCOCCOCCC(=O)OC. The van der Waals surface area contributed by atoms with Gasteiger partial charge in [-0.3, -0.25) is 9.59 Å². The summed E-state index contributed by atoms with van der Waals surface area (Å²) in [6, 6.07) is 0. The van der Waals surface area contributed by atoms with E-state index in [0.717, 1.165) is 25.7 Å². The van der Waals surface area contributed by atoms with E-state index < -0.39 is 0 Å². The fraction of sp³-hybridized carbons (Fsp3) is 0.944. The minimum Gasteiger partial charge on any atom is -0.469 e. The van der Waals surface area contributed by atoms with Gasteiger partial charge in [-0.15, -0.1) is 0 Å². The fourth-order valence-electron chi connectivity index (χ4n) is 4.04. The van der Waals surface area contributed by atoms with Gasteiger partial charge in [-0.1, -0.05) is 26.7 Å². The Kier molecular flexibility index (Phi) is 42.6. The van der Waals surface area contributed by atoms with Crippen molar-refractivity contribution in [1.82, 2.24) is 0 Å². The number of carbonyl (C=O) groups is 2. The number of carbonyl (C=O) groups excluding carboxylic acids is 2. The summed E-state index contributed by atoms with van der Waals surface area (Å²) in [5.41, 5.74) is 0. The summed E-state index contributed by atoms with van der Waals surface area (Å²) in [5, 5.41) is 0. The van der Waals surface area contributed by atoms with E-state index in [1.54, 1.807) is 0 Å². The molecule has 0 fully saturated rings. The predicted octanol–water partition coefficient (Wildman–Crippen LogP) is 2.51. The number of ether oxygens (including phenoxy) is 14. The van der Waals surface area contributed by atoms with Gasteiger partial charge in [0.2, 0.25) is 0 Å². The molecule has 0 aliphatic carbocycles. The fourth-order valence-corrected chi connectivity index (χ4v) is 4.04. The van der Waals surface area contributed by atoms with E-state index in [1.807, 2.05) is 6.92 Å². The second kappa shape index (κ2) is 43.9. The number of unbranched alkanes of at least 4 members (excludes halogenated alkanes) is 1. The number of methoxy groups -OCH3 is 1. The Morgan fingerprint density at radius 3 is 0.923 bits per heavy atom. The highest BCUT2D eigenvalue weighted by atomic mass is 16.6. The Balaban J connectivity index is 3.14. The minimum atomic E-state index is -0.289. The molecule has 0 N–H and O–H groups in total. The molecule has 0 aliphatic rings. The third-order valence-electron chi connectivity index (χ3n) is 6.97. The summed E-state index contributed by atoms with van der Waals surface area (Å²) >= 11 is 0. The Labute approximate surface area is 311 Å². The zero-order valence-corrected chi connectivity index (χ0v) is 32.3. The second-order valence-corrected chi connectivity index (χ2v) is 11.1. The lowest BCUT2D eigenvalue weighted by Gasteiger charge is -2.13. The van der Waals surface area contributed by atoms with Gasteiger partial charge in [-0.25, -0.2) is 0 Å². The first-order valence-corrected chi connectivity index (χ1v) is 18.8. The van der Waals surface area contributed by atoms with Gasteiger partial charge in [0.25, 0.3) is 0 Å². The average Bonchev–Trinajstić information content (AvgIpc) is 3.15. The highest BCUT2D eigenvalue weighted by molar-refractivity contribution is 5.72. The number of esters is 2. The first-order chi connectivity index (χ1) is 25.7. The van der Waals surface area contributed by atoms with Crippen LogP contribution < -0.4 is 0 Å². The van der Waals surface area contributed by atoms with Gasteiger partial charge in [-0.05, 0) is 12.8 Å². The Bertz CT molecular complexity index is 732. The molecule has 0 amide bonds. The summed E-state index contributed by atoms with van der Waals surface area (Å²) < 4.78 is 75.1. The summed E-state index contributed by atoms with van der Waals surface area (Å²) in [6.07, 6.45) is 4.06. The van der Waals surface area contributed by atoms with Crippen molar-refractivity contribution in [3.05, 3.63) is 0 Å². The van der Waals surface area contributed by atoms with Crippen LogP contribution >= 0.6 is 0 Å². The number of rotatable bonds is 44. The molecule has 0 aromatic rings. The lowest BCUT2D eigenvalue weighted by Crippen LogP contribution is -2.20. The molecule has 0 saturated carbocycles. The molecule has 1 atom stereocenters. The molecule has 52 heavy (non-hydrogen) atoms. The second-order valence-electron chi connectivity index (χ2n) is 11.1. The van der Waals surface area contributed by atoms with Crippen LogP contribution in [0.25, 0.3) is 0 Å². The Morgan fingerprint density at radius 1 is 0.404 bits per heavy atom. The highest BCUT2D eigenvalue weighted by Gasteiger charge is 2.17. The topological polar surface area (TPSA) is 163 Å². The summed E-state index contributed by atoms with van der Waals surface area (Å²) in [6.45, 7) is 15.6. The molecule has 0 aromatic heterocycles. The molecule has 0 bridgehead atoms. The minimum absolute atomic E-state index is 0.00830. The number of hydrogen-bond donors (Lipinski definition) is 0. The lowest BCUT2D eigenvalue weighted by atomic mass is 10.00. The van der Waals surface area contributed by atoms with Gasteiger partial charge in [-0.2, -0.15) is 0 Å². The normalized spacial score (nSPS) is 12.0. The molecule has 0 aromatic carbocycles. The average molecular weight is 759 g/mol. The maximum Gasteiger partial charge on any atom is 0.308 e. The Morgan fingerprint density at radius 2 is 0.673 bits per heavy atom. The molecule has 16 heteroatoms. The van der Waals surface area contributed by atoms with Crippen LogP contribution in [0, 0.1) is 5.92 Å². The molecule has 16 nitrogen and oxygen atoms in total. The molecule has 0 rings (SSSR count). The van der Waals surface area contributed by atoms with E-state index in [1.165, 1.54) is 7.11 Å². The van der Waals surface area contributed by atoms with Crippen molar-refractivity contribution in [1.29, 1.82) is 0 Å². The van der Waals surface area contributed by atoms with Gasteiger partial charge < -0.3 is 66.3 Å². The zero-order valence-electron chi connectivity index (χ0n) is 32.3. The summed E-state index contributed by atoms with van der Waals surface area (Å²) in [5.74, 6) is -0.421. The van der Waals surface area contributed by atoms with Crippen LogP contribution in [0.5, 0.6) is 0 Å². The van der Waals surface area contributed by atoms with Gasteiger partial charge in [0.15, 0.2) is 0 Å². The van der Waals surface area contributed by atoms with Crippen LogP contribution in [-0.2, 0) is 75.9 Å². The van der Waals surface area contributed by atoms with Gasteiger partial charge >= 0.3 is 11.9 Å². The molecule has 0 aliphatic heterocycles. The molecule has 310 valence electrons. The van der Waals surface area contributed by atoms with Crippen LogP contribution in [0.4, 0.5) is 0 Å². The van der Waals surface area contributed by atoms with E-state index in [-0.39, 0.29) is 30.9 Å². The molecular formula is C36H70O16. The van der Waals surface area contributed by atoms with Crippen molar-refractivity contribution in [2.75, 3.05) is 172 Å². The van der Waals surface area contributed by atoms with Crippen molar-refractivity contribution in [3.8, 4) is 0 Å². The maximum atomic E-state index is 12.0. The smallest absolute Gasteiger partial charge is 0.308 e. The van der Waals surface area contributed by atoms with Gasteiger partial charge in [0, 0.05) is 0 Å². The van der Waals surface area contributed by atoms with E-state index in [2.05, 4.69) is 11.7 Å². The van der Waals surface area contributed by atoms with Crippen molar-refractivity contribution >= 4 is 11.9 Å². The molecular weight excluding hydrogens is 688 g/mol. The monoisotopic (exact) mass is 758 g/mol. The van der Waals surface area contributed by atoms with Crippen LogP contribution in [0.2, 0.25) is 0 Å². The molecule has 1 unspecified atom stereocenters. The molecule has 0 radical (unpaired) electrons. The van der Waals surface area contributed by atoms with Crippen molar-refractivity contribution in [2.45, 2.75) is 46.0 Å². The van der Waals surface area contributed by atoms with Crippen LogP contribution in [-0.4, -0.2) is 184 Å². The van der Waals surface area contributed by atoms with Crippen molar-refractivity contribution in [3.63, 3.8) is 0 Å². The van der Waals surface area contributed by atoms with Crippen LogP contribution in [0.1, 0.15) is 46.0 Å². The van der Waals surface area contributed by atoms with Crippen molar-refractivity contribution < 1.29 is 75.9 Å². The van der Waals surface area contributed by atoms with E-state index >= 15 is 0 Å². The van der Waals surface area contributed by atoms with E-state index in [9.17, 15) is 9.59 Å². The van der Waals surface area contributed by atoms with Crippen LogP contribution in [0.15, 0.2) is 0 Å². The first-order valence-electron chi connectivity index (χ1n) is 18.8. The quantitative estimate of drug-likeness (QED) is 0.0657. The van der Waals surface area contributed by atoms with Gasteiger partial charge in [0.05, 0.1) is 178 Å². The maximum absolute atomic E-state index is 12.0. The van der Waals surface area contributed by atoms with Crippen molar-refractivity contribution in [2.24, 2.45) is 5.92 Å². The molecule has 0 heterocycles. The largest absolute Gasteiger partial charge is 0.469 e. The predicted molar refractivity (Wildman–Crippen MR) is 191 cm³/mol. The number of hydrogen-bond acceptors (Lipinski definition) is 16. The highest BCUT2D eigenvalue weighted by Crippen LogP contribution is 2.14. The standard InChI is InChI=1S/C36H70O16/c1-4-6-7-34(5-2)36(38)52-33-32-51-31-30-50-29-28-49-27-26-48-25-24-47-23-22-46-21-20-45-19-18-44-17-16-43-15-14-42-13-12-41-11-10-40-9-8-35(37)39-3/h34H,4-33H2,1-3H3. The summed E-state index contributed by atoms with van der Waals surface area (Å²) in [7, 11) is 1.35. The van der Waals surface area contributed by atoms with E-state index in [0.29, 0.717) is 159 Å². The molecule has 0 spiro atoms. The van der Waals surface area contributed by atoms with Crippen LogP contribution in [0.3, 0.4) is 0 Å². The third-order valence-corrected chi connectivity index (χ3v) is 6.97.